The van der Waals surface area contributed by atoms with Gasteiger partial charge in [0.05, 0.1) is 16.6 Å². The third-order valence-electron chi connectivity index (χ3n) is 3.23. The first-order chi connectivity index (χ1) is 10.2. The van der Waals surface area contributed by atoms with E-state index in [-0.39, 0.29) is 5.91 Å². The maximum Gasteiger partial charge on any atom is 0.227 e. The van der Waals surface area contributed by atoms with Crippen LogP contribution in [0.1, 0.15) is 16.1 Å². The highest BCUT2D eigenvalue weighted by molar-refractivity contribution is 7.18. The fraction of sp³-hybridized carbons (Fsp3) is 0.176. The molecule has 1 aromatic heterocycles. The summed E-state index contributed by atoms with van der Waals surface area (Å²) in [5.41, 5.74) is 3.29. The van der Waals surface area contributed by atoms with Crippen LogP contribution < -0.4 is 5.32 Å². The third kappa shape index (κ3) is 3.47. The number of aryl methyl sites for hydroxylation is 1. The van der Waals surface area contributed by atoms with Gasteiger partial charge in [-0.05, 0) is 30.2 Å². The van der Waals surface area contributed by atoms with Gasteiger partial charge in [-0.2, -0.15) is 0 Å². The van der Waals surface area contributed by atoms with Gasteiger partial charge in [-0.1, -0.05) is 36.4 Å². The fourth-order valence-corrected chi connectivity index (χ4v) is 3.22. The van der Waals surface area contributed by atoms with Crippen molar-refractivity contribution in [1.82, 2.24) is 10.3 Å². The smallest absolute Gasteiger partial charge is 0.227 e. The number of hydrogen-bond acceptors (Lipinski definition) is 3. The number of carbonyl (C=O) groups excluding carboxylic acids is 1. The van der Waals surface area contributed by atoms with Crippen molar-refractivity contribution in [2.24, 2.45) is 0 Å². The molecule has 0 aliphatic rings. The first-order valence-electron chi connectivity index (χ1n) is 6.87. The van der Waals surface area contributed by atoms with Crippen molar-refractivity contribution in [2.75, 3.05) is 0 Å². The molecular formula is C17H16N2OS. The largest absolute Gasteiger partial charge is 0.352 e. The zero-order valence-corrected chi connectivity index (χ0v) is 12.6. The number of rotatable bonds is 4. The summed E-state index contributed by atoms with van der Waals surface area (Å²) in [7, 11) is 0. The van der Waals surface area contributed by atoms with Gasteiger partial charge < -0.3 is 5.32 Å². The summed E-state index contributed by atoms with van der Waals surface area (Å²) < 4.78 is 1.14. The van der Waals surface area contributed by atoms with E-state index in [4.69, 9.17) is 0 Å². The Morgan fingerprint density at radius 1 is 1.19 bits per heavy atom. The van der Waals surface area contributed by atoms with Crippen LogP contribution in [0.2, 0.25) is 0 Å². The van der Waals surface area contributed by atoms with E-state index in [1.165, 1.54) is 5.56 Å². The molecule has 0 saturated carbocycles. The Hall–Kier alpha value is -2.20. The number of thiazole rings is 1. The topological polar surface area (TPSA) is 42.0 Å². The molecule has 0 bridgehead atoms. The highest BCUT2D eigenvalue weighted by Gasteiger charge is 2.09. The number of aromatic nitrogens is 1. The second kappa shape index (κ2) is 6.06. The van der Waals surface area contributed by atoms with E-state index in [1.807, 2.05) is 42.5 Å². The number of nitrogens with zero attached hydrogens (tertiary/aromatic N) is 1. The van der Waals surface area contributed by atoms with Gasteiger partial charge in [-0.25, -0.2) is 4.98 Å². The Labute approximate surface area is 127 Å². The summed E-state index contributed by atoms with van der Waals surface area (Å²) in [5.74, 6) is 0.00892. The monoisotopic (exact) mass is 296 g/mol. The molecule has 1 amide bonds. The van der Waals surface area contributed by atoms with Gasteiger partial charge in [-0.15, -0.1) is 11.3 Å². The SMILES string of the molecule is Cc1ccc2nc(CC(=O)NCc3ccccc3)sc2c1. The average molecular weight is 296 g/mol. The molecule has 0 radical (unpaired) electrons. The van der Waals surface area contributed by atoms with Gasteiger partial charge in [-0.3, -0.25) is 4.79 Å². The van der Waals surface area contributed by atoms with Crippen molar-refractivity contribution in [3.63, 3.8) is 0 Å². The van der Waals surface area contributed by atoms with Gasteiger partial charge in [0.15, 0.2) is 0 Å². The molecule has 106 valence electrons. The van der Waals surface area contributed by atoms with Crippen molar-refractivity contribution in [2.45, 2.75) is 19.9 Å². The highest BCUT2D eigenvalue weighted by atomic mass is 32.1. The van der Waals surface area contributed by atoms with Crippen molar-refractivity contribution in [3.8, 4) is 0 Å². The first kappa shape index (κ1) is 13.8. The van der Waals surface area contributed by atoms with Gasteiger partial charge in [0.1, 0.15) is 5.01 Å². The van der Waals surface area contributed by atoms with E-state index in [0.29, 0.717) is 13.0 Å². The minimum atomic E-state index is 0.00892. The summed E-state index contributed by atoms with van der Waals surface area (Å²) in [5, 5.41) is 3.79. The molecule has 2 aromatic carbocycles. The second-order valence-electron chi connectivity index (χ2n) is 5.02. The van der Waals surface area contributed by atoms with Crippen LogP contribution in [-0.4, -0.2) is 10.9 Å². The minimum Gasteiger partial charge on any atom is -0.352 e. The molecule has 0 saturated heterocycles. The van der Waals surface area contributed by atoms with Crippen LogP contribution in [0, 0.1) is 6.92 Å². The molecule has 0 aliphatic heterocycles. The van der Waals surface area contributed by atoms with E-state index in [0.717, 1.165) is 20.8 Å². The van der Waals surface area contributed by atoms with Crippen LogP contribution in [0.5, 0.6) is 0 Å². The predicted octanol–water partition coefficient (Wildman–Crippen LogP) is 3.46. The number of fused-ring (bicyclic) bond motifs is 1. The molecule has 0 aliphatic carbocycles. The van der Waals surface area contributed by atoms with E-state index in [9.17, 15) is 4.79 Å². The fourth-order valence-electron chi connectivity index (χ4n) is 2.15. The lowest BCUT2D eigenvalue weighted by molar-refractivity contribution is -0.120. The van der Waals surface area contributed by atoms with Gasteiger partial charge >= 0.3 is 0 Å². The highest BCUT2D eigenvalue weighted by Crippen LogP contribution is 2.23. The Bertz CT molecular complexity index is 765. The van der Waals surface area contributed by atoms with Crippen molar-refractivity contribution >= 4 is 27.5 Å². The molecule has 3 aromatic rings. The van der Waals surface area contributed by atoms with E-state index < -0.39 is 0 Å². The van der Waals surface area contributed by atoms with E-state index in [1.54, 1.807) is 11.3 Å². The van der Waals surface area contributed by atoms with Crippen LogP contribution in [0.25, 0.3) is 10.2 Å². The van der Waals surface area contributed by atoms with Crippen LogP contribution >= 0.6 is 11.3 Å². The van der Waals surface area contributed by atoms with Crippen molar-refractivity contribution in [1.29, 1.82) is 0 Å². The molecule has 1 N–H and O–H groups in total. The Kier molecular flexibility index (Phi) is 3.97. The first-order valence-corrected chi connectivity index (χ1v) is 7.69. The lowest BCUT2D eigenvalue weighted by Crippen LogP contribution is -2.24. The van der Waals surface area contributed by atoms with E-state index in [2.05, 4.69) is 23.3 Å². The molecule has 0 atom stereocenters. The summed E-state index contributed by atoms with van der Waals surface area (Å²) in [6, 6.07) is 16.1. The Morgan fingerprint density at radius 2 is 2.00 bits per heavy atom. The van der Waals surface area contributed by atoms with Crippen molar-refractivity contribution in [3.05, 3.63) is 64.7 Å². The summed E-state index contributed by atoms with van der Waals surface area (Å²) in [6.45, 7) is 2.62. The predicted molar refractivity (Wildman–Crippen MR) is 86.3 cm³/mol. The number of carbonyl (C=O) groups is 1. The Morgan fingerprint density at radius 3 is 2.81 bits per heavy atom. The summed E-state index contributed by atoms with van der Waals surface area (Å²) in [4.78, 5) is 16.5. The molecule has 21 heavy (non-hydrogen) atoms. The number of nitrogens with one attached hydrogen (secondary N) is 1. The van der Waals surface area contributed by atoms with Crippen molar-refractivity contribution < 1.29 is 4.79 Å². The zero-order chi connectivity index (χ0) is 14.7. The maximum atomic E-state index is 12.0. The minimum absolute atomic E-state index is 0.00892. The van der Waals surface area contributed by atoms with Gasteiger partial charge in [0.2, 0.25) is 5.91 Å². The molecule has 0 fully saturated rings. The van der Waals surface area contributed by atoms with Crippen LogP contribution in [0.3, 0.4) is 0 Å². The quantitative estimate of drug-likeness (QED) is 0.801. The zero-order valence-electron chi connectivity index (χ0n) is 11.8. The molecule has 0 unspecified atom stereocenters. The second-order valence-corrected chi connectivity index (χ2v) is 6.13. The van der Waals surface area contributed by atoms with Crippen LogP contribution in [0.15, 0.2) is 48.5 Å². The molecule has 3 nitrogen and oxygen atoms in total. The average Bonchev–Trinajstić information content (AvgIpc) is 2.87. The molecule has 0 spiro atoms. The molecular weight excluding hydrogens is 280 g/mol. The van der Waals surface area contributed by atoms with E-state index >= 15 is 0 Å². The number of hydrogen-bond donors (Lipinski definition) is 1. The van der Waals surface area contributed by atoms with Crippen LogP contribution in [-0.2, 0) is 17.8 Å². The summed E-state index contributed by atoms with van der Waals surface area (Å²) >= 11 is 1.59. The summed E-state index contributed by atoms with van der Waals surface area (Å²) in [6.07, 6.45) is 0.339. The Balaban J connectivity index is 1.63. The number of benzene rings is 2. The maximum absolute atomic E-state index is 12.0. The molecule has 1 heterocycles. The van der Waals surface area contributed by atoms with Gasteiger partial charge in [0.25, 0.3) is 0 Å². The standard InChI is InChI=1S/C17H16N2OS/c1-12-7-8-14-15(9-12)21-17(19-14)10-16(20)18-11-13-5-3-2-4-6-13/h2-9H,10-11H2,1H3,(H,18,20). The molecule has 3 rings (SSSR count). The third-order valence-corrected chi connectivity index (χ3v) is 4.25. The number of amides is 1. The van der Waals surface area contributed by atoms with Crippen LogP contribution in [0.4, 0.5) is 0 Å². The lowest BCUT2D eigenvalue weighted by atomic mass is 10.2. The normalized spacial score (nSPS) is 10.7. The lowest BCUT2D eigenvalue weighted by Gasteiger charge is -2.03. The van der Waals surface area contributed by atoms with Gasteiger partial charge in [0, 0.05) is 6.54 Å². The molecule has 4 heteroatoms.